The van der Waals surface area contributed by atoms with E-state index < -0.39 is 5.60 Å². The quantitative estimate of drug-likeness (QED) is 0.861. The topological polar surface area (TPSA) is 46.2 Å². The molecule has 3 N–H and O–H groups in total. The van der Waals surface area contributed by atoms with Crippen LogP contribution >= 0.6 is 27.5 Å². The molecule has 1 unspecified atom stereocenters. The first-order valence-corrected chi connectivity index (χ1v) is 5.02. The van der Waals surface area contributed by atoms with Gasteiger partial charge in [0.1, 0.15) is 5.60 Å². The van der Waals surface area contributed by atoms with E-state index in [1.807, 2.05) is 0 Å². The van der Waals surface area contributed by atoms with Crippen LogP contribution < -0.4 is 5.73 Å². The predicted molar refractivity (Wildman–Crippen MR) is 57.8 cm³/mol. The van der Waals surface area contributed by atoms with Gasteiger partial charge in [0, 0.05) is 16.0 Å². The molecule has 0 spiro atoms. The van der Waals surface area contributed by atoms with Crippen molar-refractivity contribution < 1.29 is 5.11 Å². The molecular formula is C9H11BrClNO. The lowest BCUT2D eigenvalue weighted by atomic mass is 9.96. The Labute approximate surface area is 90.8 Å². The summed E-state index contributed by atoms with van der Waals surface area (Å²) in [5.74, 6) is 0. The highest BCUT2D eigenvalue weighted by Crippen LogP contribution is 2.29. The average Bonchev–Trinajstić information content (AvgIpc) is 2.03. The molecular weight excluding hydrogens is 253 g/mol. The molecule has 0 heterocycles. The number of hydrogen-bond donors (Lipinski definition) is 2. The van der Waals surface area contributed by atoms with Crippen LogP contribution in [0, 0.1) is 0 Å². The molecule has 1 atom stereocenters. The monoisotopic (exact) mass is 263 g/mol. The van der Waals surface area contributed by atoms with Gasteiger partial charge in [-0.1, -0.05) is 33.6 Å². The van der Waals surface area contributed by atoms with Crippen molar-refractivity contribution in [2.24, 2.45) is 5.73 Å². The minimum absolute atomic E-state index is 0.174. The molecule has 4 heteroatoms. The van der Waals surface area contributed by atoms with E-state index in [4.69, 9.17) is 17.3 Å². The summed E-state index contributed by atoms with van der Waals surface area (Å²) in [7, 11) is 0. The van der Waals surface area contributed by atoms with E-state index in [-0.39, 0.29) is 6.54 Å². The molecule has 0 aliphatic rings. The molecule has 2 nitrogen and oxygen atoms in total. The van der Waals surface area contributed by atoms with Crippen LogP contribution in [0.2, 0.25) is 5.02 Å². The summed E-state index contributed by atoms with van der Waals surface area (Å²) in [6.07, 6.45) is 0. The van der Waals surface area contributed by atoms with Crippen molar-refractivity contribution in [3.8, 4) is 0 Å². The minimum atomic E-state index is -1.01. The van der Waals surface area contributed by atoms with E-state index >= 15 is 0 Å². The van der Waals surface area contributed by atoms with Gasteiger partial charge in [-0.25, -0.2) is 0 Å². The van der Waals surface area contributed by atoms with Gasteiger partial charge >= 0.3 is 0 Å². The molecule has 1 aromatic carbocycles. The van der Waals surface area contributed by atoms with Crippen LogP contribution in [0.1, 0.15) is 12.5 Å². The molecule has 0 saturated carbocycles. The summed E-state index contributed by atoms with van der Waals surface area (Å²) >= 11 is 9.09. The van der Waals surface area contributed by atoms with Gasteiger partial charge in [-0.05, 0) is 24.6 Å². The Morgan fingerprint density at radius 3 is 2.69 bits per heavy atom. The maximum atomic E-state index is 9.87. The van der Waals surface area contributed by atoms with Crippen LogP contribution in [0.5, 0.6) is 0 Å². The van der Waals surface area contributed by atoms with Crippen molar-refractivity contribution >= 4 is 27.5 Å². The summed E-state index contributed by atoms with van der Waals surface area (Å²) in [6.45, 7) is 1.84. The fraction of sp³-hybridized carbons (Fsp3) is 0.333. The highest BCUT2D eigenvalue weighted by atomic mass is 79.9. The van der Waals surface area contributed by atoms with Crippen molar-refractivity contribution in [1.29, 1.82) is 0 Å². The second-order valence-corrected chi connectivity index (χ2v) is 4.39. The third-order valence-electron chi connectivity index (χ3n) is 1.91. The fourth-order valence-electron chi connectivity index (χ4n) is 1.04. The van der Waals surface area contributed by atoms with Gasteiger partial charge in [-0.3, -0.25) is 0 Å². The van der Waals surface area contributed by atoms with Crippen molar-refractivity contribution in [2.45, 2.75) is 12.5 Å². The summed E-state index contributed by atoms with van der Waals surface area (Å²) in [4.78, 5) is 0. The Hall–Kier alpha value is -0.0900. The number of nitrogens with two attached hydrogens (primary N) is 1. The second kappa shape index (κ2) is 3.96. The van der Waals surface area contributed by atoms with E-state index in [1.165, 1.54) is 0 Å². The van der Waals surface area contributed by atoms with Crippen LogP contribution in [0.15, 0.2) is 22.7 Å². The van der Waals surface area contributed by atoms with Crippen LogP contribution in [0.3, 0.4) is 0 Å². The lowest BCUT2D eigenvalue weighted by Crippen LogP contribution is -2.31. The molecule has 0 saturated heterocycles. The molecule has 72 valence electrons. The highest BCUT2D eigenvalue weighted by Gasteiger charge is 2.23. The second-order valence-electron chi connectivity index (χ2n) is 3.10. The number of halogens is 2. The summed E-state index contributed by atoms with van der Waals surface area (Å²) < 4.78 is 0.774. The first kappa shape index (κ1) is 11.0. The van der Waals surface area contributed by atoms with Gasteiger partial charge in [0.25, 0.3) is 0 Å². The molecule has 1 rings (SSSR count). The molecule has 13 heavy (non-hydrogen) atoms. The third-order valence-corrected chi connectivity index (χ3v) is 2.80. The molecule has 0 fully saturated rings. The van der Waals surface area contributed by atoms with Crippen LogP contribution in [-0.4, -0.2) is 11.7 Å². The van der Waals surface area contributed by atoms with E-state index in [1.54, 1.807) is 25.1 Å². The molecule has 0 radical (unpaired) electrons. The number of aliphatic hydroxyl groups is 1. The Morgan fingerprint density at radius 1 is 1.62 bits per heavy atom. The van der Waals surface area contributed by atoms with Crippen molar-refractivity contribution in [3.05, 3.63) is 33.3 Å². The maximum Gasteiger partial charge on any atom is 0.100 e. The third kappa shape index (κ3) is 2.44. The first-order valence-electron chi connectivity index (χ1n) is 3.85. The van der Waals surface area contributed by atoms with Crippen LogP contribution in [-0.2, 0) is 5.60 Å². The Morgan fingerprint density at radius 2 is 2.23 bits per heavy atom. The molecule has 0 amide bonds. The Kier molecular flexibility index (Phi) is 3.35. The van der Waals surface area contributed by atoms with E-state index in [2.05, 4.69) is 15.9 Å². The molecule has 0 aliphatic carbocycles. The van der Waals surface area contributed by atoms with Gasteiger partial charge in [0.2, 0.25) is 0 Å². The zero-order valence-electron chi connectivity index (χ0n) is 7.22. The lowest BCUT2D eigenvalue weighted by Gasteiger charge is -2.22. The Balaban J connectivity index is 3.16. The molecule has 1 aromatic rings. The summed E-state index contributed by atoms with van der Waals surface area (Å²) in [5.41, 5.74) is 5.18. The van der Waals surface area contributed by atoms with Gasteiger partial charge in [-0.15, -0.1) is 0 Å². The zero-order valence-corrected chi connectivity index (χ0v) is 9.56. The summed E-state index contributed by atoms with van der Waals surface area (Å²) in [6, 6.07) is 5.23. The first-order chi connectivity index (χ1) is 5.97. The predicted octanol–water partition coefficient (Wildman–Crippen LogP) is 2.27. The largest absolute Gasteiger partial charge is 0.384 e. The fourth-order valence-corrected chi connectivity index (χ4v) is 2.15. The van der Waals surface area contributed by atoms with Crippen molar-refractivity contribution in [1.82, 2.24) is 0 Å². The molecule has 0 bridgehead atoms. The Bertz CT molecular complexity index is 314. The van der Waals surface area contributed by atoms with E-state index in [0.717, 1.165) is 10.0 Å². The maximum absolute atomic E-state index is 9.87. The van der Waals surface area contributed by atoms with Gasteiger partial charge < -0.3 is 10.8 Å². The average molecular weight is 265 g/mol. The van der Waals surface area contributed by atoms with Crippen molar-refractivity contribution in [2.75, 3.05) is 6.54 Å². The number of rotatable bonds is 2. The molecule has 0 aromatic heterocycles. The van der Waals surface area contributed by atoms with Crippen LogP contribution in [0.4, 0.5) is 0 Å². The number of benzene rings is 1. The SMILES string of the molecule is CC(O)(CN)c1ccc(Cl)cc1Br. The summed E-state index contributed by atoms with van der Waals surface area (Å²) in [5, 5.41) is 10.5. The molecule has 0 aliphatic heterocycles. The normalized spacial score (nSPS) is 15.5. The van der Waals surface area contributed by atoms with E-state index in [0.29, 0.717) is 5.02 Å². The minimum Gasteiger partial charge on any atom is -0.384 e. The van der Waals surface area contributed by atoms with Gasteiger partial charge in [0.15, 0.2) is 0 Å². The van der Waals surface area contributed by atoms with Gasteiger partial charge in [0.05, 0.1) is 0 Å². The van der Waals surface area contributed by atoms with Crippen LogP contribution in [0.25, 0.3) is 0 Å². The number of hydrogen-bond acceptors (Lipinski definition) is 2. The lowest BCUT2D eigenvalue weighted by molar-refractivity contribution is 0.0661. The highest BCUT2D eigenvalue weighted by molar-refractivity contribution is 9.10. The zero-order chi connectivity index (χ0) is 10.1. The smallest absolute Gasteiger partial charge is 0.100 e. The standard InChI is InChI=1S/C9H11BrClNO/c1-9(13,5-12)7-3-2-6(11)4-8(7)10/h2-4,13H,5,12H2,1H3. The van der Waals surface area contributed by atoms with Gasteiger partial charge in [-0.2, -0.15) is 0 Å². The van der Waals surface area contributed by atoms with Crippen molar-refractivity contribution in [3.63, 3.8) is 0 Å². The van der Waals surface area contributed by atoms with E-state index in [9.17, 15) is 5.11 Å².